The summed E-state index contributed by atoms with van der Waals surface area (Å²) in [7, 11) is 0. The van der Waals surface area contributed by atoms with Crippen LogP contribution in [-0.4, -0.2) is 76.4 Å². The van der Waals surface area contributed by atoms with Gasteiger partial charge in [0.1, 0.15) is 5.56 Å². The fourth-order valence-electron chi connectivity index (χ4n) is 3.70. The van der Waals surface area contributed by atoms with Crippen LogP contribution in [0.3, 0.4) is 0 Å². The fraction of sp³-hybridized carbons (Fsp3) is 0.609. The Labute approximate surface area is 207 Å². The molecule has 0 saturated carbocycles. The van der Waals surface area contributed by atoms with Crippen LogP contribution in [-0.2, 0) is 21.1 Å². The third-order valence-electron chi connectivity index (χ3n) is 5.79. The van der Waals surface area contributed by atoms with Crippen molar-refractivity contribution < 1.29 is 22.7 Å². The number of ether oxygens (including phenoxy) is 1. The van der Waals surface area contributed by atoms with Gasteiger partial charge in [-0.15, -0.1) is 0 Å². The van der Waals surface area contributed by atoms with Gasteiger partial charge >= 0.3 is 6.18 Å². The standard InChI is InChI=1S/C23H32F3N7O3/c1-15(30-17-13-29-31-20(35)19(17)23(24,25)26)14-36-10-5-18(34)32-6-8-33(9-7-32)21-27-11-16(12-28-21)22(2,3)4/h11-13,15H,5-10,14H2,1-4H3,(H2,30,31,35)/t15-/m0/s1. The molecule has 0 aromatic carbocycles. The Morgan fingerprint density at radius 2 is 1.78 bits per heavy atom. The van der Waals surface area contributed by atoms with Crippen LogP contribution in [0.2, 0.25) is 0 Å². The minimum absolute atomic E-state index is 0.0243. The molecule has 1 saturated heterocycles. The first kappa shape index (κ1) is 27.4. The Hall–Kier alpha value is -3.22. The van der Waals surface area contributed by atoms with Gasteiger partial charge in [0.05, 0.1) is 31.5 Å². The molecule has 0 unspecified atom stereocenters. The minimum atomic E-state index is -4.82. The van der Waals surface area contributed by atoms with E-state index in [0.29, 0.717) is 32.1 Å². The molecule has 36 heavy (non-hydrogen) atoms. The van der Waals surface area contributed by atoms with Crippen LogP contribution in [0.5, 0.6) is 0 Å². The molecule has 3 heterocycles. The van der Waals surface area contributed by atoms with Gasteiger partial charge in [0.25, 0.3) is 5.56 Å². The molecule has 1 atom stereocenters. The van der Waals surface area contributed by atoms with E-state index < -0.39 is 29.0 Å². The van der Waals surface area contributed by atoms with Crippen molar-refractivity contribution in [1.29, 1.82) is 0 Å². The molecule has 0 bridgehead atoms. The van der Waals surface area contributed by atoms with Gasteiger partial charge in [-0.1, -0.05) is 20.8 Å². The van der Waals surface area contributed by atoms with Gasteiger partial charge in [-0.3, -0.25) is 9.59 Å². The van der Waals surface area contributed by atoms with Crippen LogP contribution >= 0.6 is 0 Å². The summed E-state index contributed by atoms with van der Waals surface area (Å²) in [6.07, 6.45) is -0.0811. The minimum Gasteiger partial charge on any atom is -0.379 e. The van der Waals surface area contributed by atoms with E-state index >= 15 is 0 Å². The van der Waals surface area contributed by atoms with Crippen molar-refractivity contribution in [1.82, 2.24) is 25.1 Å². The maximum absolute atomic E-state index is 13.1. The van der Waals surface area contributed by atoms with E-state index in [4.69, 9.17) is 4.74 Å². The van der Waals surface area contributed by atoms with E-state index in [1.165, 1.54) is 0 Å². The molecule has 2 aromatic rings. The molecule has 0 radical (unpaired) electrons. The molecular weight excluding hydrogens is 479 g/mol. The number of hydrogen-bond acceptors (Lipinski definition) is 8. The summed E-state index contributed by atoms with van der Waals surface area (Å²) in [5.41, 5.74) is -2.05. The monoisotopic (exact) mass is 511 g/mol. The Morgan fingerprint density at radius 3 is 2.36 bits per heavy atom. The maximum atomic E-state index is 13.1. The van der Waals surface area contributed by atoms with Crippen LogP contribution in [0.25, 0.3) is 0 Å². The summed E-state index contributed by atoms with van der Waals surface area (Å²) < 4.78 is 44.9. The maximum Gasteiger partial charge on any atom is 0.423 e. The molecule has 13 heteroatoms. The van der Waals surface area contributed by atoms with Crippen molar-refractivity contribution >= 4 is 17.5 Å². The van der Waals surface area contributed by atoms with E-state index in [1.807, 2.05) is 17.3 Å². The summed E-state index contributed by atoms with van der Waals surface area (Å²) in [6.45, 7) is 10.4. The number of anilines is 2. The molecule has 1 amide bonds. The van der Waals surface area contributed by atoms with Gasteiger partial charge in [-0.25, -0.2) is 15.1 Å². The van der Waals surface area contributed by atoms with E-state index in [1.54, 1.807) is 16.9 Å². The summed E-state index contributed by atoms with van der Waals surface area (Å²) in [5.74, 6) is 0.585. The first-order chi connectivity index (χ1) is 16.9. The highest BCUT2D eigenvalue weighted by atomic mass is 19.4. The van der Waals surface area contributed by atoms with Crippen molar-refractivity contribution in [2.75, 3.05) is 49.6 Å². The Morgan fingerprint density at radius 1 is 1.14 bits per heavy atom. The molecule has 10 nitrogen and oxygen atoms in total. The third-order valence-corrected chi connectivity index (χ3v) is 5.79. The second-order valence-electron chi connectivity index (χ2n) is 9.75. The molecule has 1 fully saturated rings. The average molecular weight is 512 g/mol. The summed E-state index contributed by atoms with van der Waals surface area (Å²) >= 11 is 0. The predicted molar refractivity (Wildman–Crippen MR) is 128 cm³/mol. The number of piperazine rings is 1. The second-order valence-corrected chi connectivity index (χ2v) is 9.75. The smallest absolute Gasteiger partial charge is 0.379 e. The zero-order chi connectivity index (χ0) is 26.5. The number of rotatable bonds is 8. The molecule has 198 valence electrons. The highest BCUT2D eigenvalue weighted by molar-refractivity contribution is 5.76. The number of carbonyl (C=O) groups excluding carboxylic acids is 1. The zero-order valence-corrected chi connectivity index (χ0v) is 20.9. The van der Waals surface area contributed by atoms with Gasteiger partial charge in [-0.2, -0.15) is 18.3 Å². The fourth-order valence-corrected chi connectivity index (χ4v) is 3.70. The van der Waals surface area contributed by atoms with Gasteiger partial charge in [0.15, 0.2) is 0 Å². The first-order valence-electron chi connectivity index (χ1n) is 11.7. The lowest BCUT2D eigenvalue weighted by Gasteiger charge is -2.35. The SMILES string of the molecule is C[C@@H](COCCC(=O)N1CCN(c2ncc(C(C)(C)C)cn2)CC1)Nc1cn[nH]c(=O)c1C(F)(F)F. The van der Waals surface area contributed by atoms with Gasteiger partial charge < -0.3 is 19.9 Å². The summed E-state index contributed by atoms with van der Waals surface area (Å²) in [4.78, 5) is 36.8. The van der Waals surface area contributed by atoms with Crippen molar-refractivity contribution in [2.45, 2.75) is 51.7 Å². The number of nitrogens with zero attached hydrogens (tertiary/aromatic N) is 5. The number of halogens is 3. The number of aromatic nitrogens is 4. The highest BCUT2D eigenvalue weighted by Gasteiger charge is 2.37. The molecule has 1 aliphatic heterocycles. The number of nitrogens with one attached hydrogen (secondary N) is 2. The highest BCUT2D eigenvalue weighted by Crippen LogP contribution is 2.31. The number of H-pyrrole nitrogens is 1. The van der Waals surface area contributed by atoms with Gasteiger partial charge in [0.2, 0.25) is 11.9 Å². The van der Waals surface area contributed by atoms with E-state index in [2.05, 4.69) is 41.2 Å². The Bertz CT molecular complexity index is 1080. The predicted octanol–water partition coefficient (Wildman–Crippen LogP) is 2.43. The number of hydrogen-bond donors (Lipinski definition) is 2. The normalized spacial score (nSPS) is 15.6. The molecule has 2 aromatic heterocycles. The molecule has 3 rings (SSSR count). The van der Waals surface area contributed by atoms with E-state index in [-0.39, 0.29) is 31.0 Å². The number of aromatic amines is 1. The molecule has 1 aliphatic rings. The van der Waals surface area contributed by atoms with Crippen LogP contribution in [0.1, 0.15) is 45.2 Å². The summed E-state index contributed by atoms with van der Waals surface area (Å²) in [5, 5.41) is 7.81. The Balaban J connectivity index is 1.40. The lowest BCUT2D eigenvalue weighted by atomic mass is 9.89. The molecule has 0 aliphatic carbocycles. The first-order valence-corrected chi connectivity index (χ1v) is 11.7. The van der Waals surface area contributed by atoms with Crippen molar-refractivity contribution in [3.63, 3.8) is 0 Å². The largest absolute Gasteiger partial charge is 0.423 e. The van der Waals surface area contributed by atoms with Crippen LogP contribution < -0.4 is 15.8 Å². The summed E-state index contributed by atoms with van der Waals surface area (Å²) in [6, 6.07) is -0.544. The zero-order valence-electron chi connectivity index (χ0n) is 20.9. The van der Waals surface area contributed by atoms with Crippen LogP contribution in [0.15, 0.2) is 23.4 Å². The average Bonchev–Trinajstić information content (AvgIpc) is 2.80. The Kier molecular flexibility index (Phi) is 8.54. The topological polar surface area (TPSA) is 116 Å². The molecular formula is C23H32F3N7O3. The molecule has 0 spiro atoms. The quantitative estimate of drug-likeness (QED) is 0.519. The van der Waals surface area contributed by atoms with Gasteiger partial charge in [0, 0.05) is 44.6 Å². The van der Waals surface area contributed by atoms with Crippen LogP contribution in [0, 0.1) is 0 Å². The number of carbonyl (C=O) groups is 1. The van der Waals surface area contributed by atoms with Gasteiger partial charge in [-0.05, 0) is 17.9 Å². The molecule has 2 N–H and O–H groups in total. The van der Waals surface area contributed by atoms with E-state index in [9.17, 15) is 22.8 Å². The lowest BCUT2D eigenvalue weighted by Crippen LogP contribution is -2.49. The van der Waals surface area contributed by atoms with Crippen molar-refractivity contribution in [3.8, 4) is 0 Å². The lowest BCUT2D eigenvalue weighted by molar-refractivity contribution is -0.138. The van der Waals surface area contributed by atoms with Crippen molar-refractivity contribution in [3.05, 3.63) is 40.1 Å². The number of alkyl halides is 3. The second kappa shape index (κ2) is 11.2. The van der Waals surface area contributed by atoms with E-state index in [0.717, 1.165) is 11.8 Å². The number of amides is 1. The van der Waals surface area contributed by atoms with Crippen molar-refractivity contribution in [2.24, 2.45) is 0 Å². The van der Waals surface area contributed by atoms with Crippen LogP contribution in [0.4, 0.5) is 24.8 Å². The third kappa shape index (κ3) is 7.15.